The molecule has 5 rings (SSSR count). The summed E-state index contributed by atoms with van der Waals surface area (Å²) in [6, 6.07) is 18.3. The van der Waals surface area contributed by atoms with Crippen LogP contribution in [0.25, 0.3) is 5.82 Å². The fraction of sp³-hybridized carbons (Fsp3) is 0.250. The summed E-state index contributed by atoms with van der Waals surface area (Å²) in [4.78, 5) is 21.9. The van der Waals surface area contributed by atoms with Gasteiger partial charge in [0.1, 0.15) is 11.6 Å². The average molecular weight is 488 g/mol. The third-order valence-corrected chi connectivity index (χ3v) is 6.64. The van der Waals surface area contributed by atoms with Crippen LogP contribution in [0.15, 0.2) is 79.1 Å². The zero-order valence-electron chi connectivity index (χ0n) is 20.0. The van der Waals surface area contributed by atoms with Gasteiger partial charge in [-0.15, -0.1) is 0 Å². The van der Waals surface area contributed by atoms with E-state index >= 15 is 0 Å². The molecule has 1 fully saturated rings. The molecule has 0 N–H and O–H groups in total. The Bertz CT molecular complexity index is 1270. The Morgan fingerprint density at radius 2 is 1.50 bits per heavy atom. The van der Waals surface area contributed by atoms with Gasteiger partial charge in [0.05, 0.1) is 23.5 Å². The summed E-state index contributed by atoms with van der Waals surface area (Å²) in [6.45, 7) is 4.33. The average Bonchev–Trinajstić information content (AvgIpc) is 3.36. The first-order chi connectivity index (χ1) is 17.5. The van der Waals surface area contributed by atoms with Crippen LogP contribution in [0.2, 0.25) is 0 Å². The highest BCUT2D eigenvalue weighted by Gasteiger charge is 2.30. The van der Waals surface area contributed by atoms with E-state index in [4.69, 9.17) is 0 Å². The van der Waals surface area contributed by atoms with Crippen LogP contribution < -0.4 is 0 Å². The van der Waals surface area contributed by atoms with Crippen molar-refractivity contribution in [3.63, 3.8) is 0 Å². The lowest BCUT2D eigenvalue weighted by Crippen LogP contribution is -2.50. The summed E-state index contributed by atoms with van der Waals surface area (Å²) in [7, 11) is 0. The summed E-state index contributed by atoms with van der Waals surface area (Å²) in [6.07, 6.45) is 3.98. The topological polar surface area (TPSA) is 54.3 Å². The predicted molar refractivity (Wildman–Crippen MR) is 133 cm³/mol. The Balaban J connectivity index is 1.35. The quantitative estimate of drug-likeness (QED) is 0.397. The molecule has 4 aromatic rings. The lowest BCUT2D eigenvalue weighted by atomic mass is 9.96. The zero-order chi connectivity index (χ0) is 25.1. The van der Waals surface area contributed by atoms with Crippen molar-refractivity contribution in [3.05, 3.63) is 113 Å². The van der Waals surface area contributed by atoms with Crippen LogP contribution in [0, 0.1) is 11.6 Å². The molecular weight excluding hydrogens is 460 g/mol. The van der Waals surface area contributed by atoms with Gasteiger partial charge >= 0.3 is 0 Å². The van der Waals surface area contributed by atoms with E-state index < -0.39 is 0 Å². The molecule has 8 heteroatoms. The normalized spacial score (nSPS) is 14.4. The van der Waals surface area contributed by atoms with E-state index in [-0.39, 0.29) is 23.6 Å². The summed E-state index contributed by atoms with van der Waals surface area (Å²) < 4.78 is 28.9. The number of halogens is 2. The minimum Gasteiger partial charge on any atom is -0.336 e. The van der Waals surface area contributed by atoms with E-state index in [2.05, 4.69) is 15.0 Å². The first-order valence-electron chi connectivity index (χ1n) is 12.1. The number of benzene rings is 2. The van der Waals surface area contributed by atoms with Gasteiger partial charge in [-0.2, -0.15) is 5.10 Å². The number of pyridine rings is 1. The number of aromatic nitrogens is 3. The first-order valence-corrected chi connectivity index (χ1v) is 12.1. The van der Waals surface area contributed by atoms with Crippen molar-refractivity contribution < 1.29 is 13.6 Å². The van der Waals surface area contributed by atoms with Crippen molar-refractivity contribution in [2.75, 3.05) is 26.2 Å². The lowest BCUT2D eigenvalue weighted by molar-refractivity contribution is 0.0596. The molecule has 3 heterocycles. The standard InChI is InChI=1S/C28H27F2N5O/c1-2-25-24(19-32-35(25)26-5-3-4-14-31-26)28(36)34-17-15-33(16-18-34)27(20-6-10-22(29)11-7-20)21-8-12-23(30)13-9-21/h3-14,19,27H,2,15-18H2,1H3. The van der Waals surface area contributed by atoms with E-state index in [9.17, 15) is 13.6 Å². The Labute approximate surface area is 208 Å². The van der Waals surface area contributed by atoms with E-state index in [1.54, 1.807) is 41.3 Å². The molecule has 0 saturated carbocycles. The number of hydrogen-bond acceptors (Lipinski definition) is 4. The molecule has 0 radical (unpaired) electrons. The van der Waals surface area contributed by atoms with Gasteiger partial charge in [-0.25, -0.2) is 18.4 Å². The minimum atomic E-state index is -0.301. The Morgan fingerprint density at radius 3 is 2.03 bits per heavy atom. The molecule has 36 heavy (non-hydrogen) atoms. The molecule has 1 aliphatic heterocycles. The molecular formula is C28H27F2N5O. The molecule has 1 saturated heterocycles. The van der Waals surface area contributed by atoms with Crippen molar-refractivity contribution >= 4 is 5.91 Å². The molecule has 1 aliphatic rings. The zero-order valence-corrected chi connectivity index (χ0v) is 20.0. The second-order valence-electron chi connectivity index (χ2n) is 8.79. The molecule has 0 bridgehead atoms. The summed E-state index contributed by atoms with van der Waals surface area (Å²) in [5.41, 5.74) is 3.27. The van der Waals surface area contributed by atoms with Crippen LogP contribution in [-0.4, -0.2) is 56.7 Å². The fourth-order valence-corrected chi connectivity index (χ4v) is 4.83. The third-order valence-electron chi connectivity index (χ3n) is 6.64. The maximum absolute atomic E-state index is 13.6. The van der Waals surface area contributed by atoms with E-state index in [0.29, 0.717) is 44.0 Å². The van der Waals surface area contributed by atoms with Crippen molar-refractivity contribution in [2.24, 2.45) is 0 Å². The van der Waals surface area contributed by atoms with Crippen molar-refractivity contribution in [1.82, 2.24) is 24.6 Å². The first kappa shape index (κ1) is 23.8. The highest BCUT2D eigenvalue weighted by molar-refractivity contribution is 5.95. The highest BCUT2D eigenvalue weighted by atomic mass is 19.1. The highest BCUT2D eigenvalue weighted by Crippen LogP contribution is 2.30. The number of rotatable bonds is 6. The van der Waals surface area contributed by atoms with Gasteiger partial charge in [0.15, 0.2) is 5.82 Å². The molecule has 2 aromatic heterocycles. The van der Waals surface area contributed by atoms with Crippen molar-refractivity contribution in [2.45, 2.75) is 19.4 Å². The molecule has 0 unspecified atom stereocenters. The molecule has 0 atom stereocenters. The number of hydrogen-bond donors (Lipinski definition) is 0. The molecule has 1 amide bonds. The van der Waals surface area contributed by atoms with E-state index in [1.807, 2.05) is 30.0 Å². The number of amides is 1. The van der Waals surface area contributed by atoms with Crippen molar-refractivity contribution in [1.29, 1.82) is 0 Å². The van der Waals surface area contributed by atoms with Crippen LogP contribution in [0.1, 0.15) is 40.1 Å². The maximum atomic E-state index is 13.6. The van der Waals surface area contributed by atoms with Gasteiger partial charge in [-0.1, -0.05) is 37.3 Å². The SMILES string of the molecule is CCc1c(C(=O)N2CCN(C(c3ccc(F)cc3)c3ccc(F)cc3)CC2)cnn1-c1ccccn1. The van der Waals surface area contributed by atoms with Crippen LogP contribution in [-0.2, 0) is 6.42 Å². The second kappa shape index (κ2) is 10.4. The van der Waals surface area contributed by atoms with Crippen LogP contribution in [0.3, 0.4) is 0 Å². The maximum Gasteiger partial charge on any atom is 0.257 e. The van der Waals surface area contributed by atoms with Crippen LogP contribution in [0.4, 0.5) is 8.78 Å². The molecule has 2 aromatic carbocycles. The van der Waals surface area contributed by atoms with Gasteiger partial charge in [-0.05, 0) is 53.9 Å². The van der Waals surface area contributed by atoms with E-state index in [1.165, 1.54) is 24.3 Å². The largest absolute Gasteiger partial charge is 0.336 e. The third kappa shape index (κ3) is 4.77. The Kier molecular flexibility index (Phi) is 6.86. The second-order valence-corrected chi connectivity index (χ2v) is 8.79. The molecule has 184 valence electrons. The smallest absolute Gasteiger partial charge is 0.257 e. The van der Waals surface area contributed by atoms with Gasteiger partial charge < -0.3 is 4.90 Å². The minimum absolute atomic E-state index is 0.0474. The predicted octanol–water partition coefficient (Wildman–Crippen LogP) is 4.66. The molecule has 6 nitrogen and oxygen atoms in total. The van der Waals surface area contributed by atoms with Gasteiger partial charge in [0.25, 0.3) is 5.91 Å². The number of carbonyl (C=O) groups is 1. The van der Waals surface area contributed by atoms with Gasteiger partial charge in [-0.3, -0.25) is 9.69 Å². The van der Waals surface area contributed by atoms with Gasteiger partial charge in [0, 0.05) is 32.4 Å². The molecule has 0 spiro atoms. The number of piperazine rings is 1. The monoisotopic (exact) mass is 487 g/mol. The summed E-state index contributed by atoms with van der Waals surface area (Å²) in [5.74, 6) is 0.0310. The van der Waals surface area contributed by atoms with Crippen molar-refractivity contribution in [3.8, 4) is 5.82 Å². The Hall–Kier alpha value is -3.91. The van der Waals surface area contributed by atoms with Gasteiger partial charge in [0.2, 0.25) is 0 Å². The summed E-state index contributed by atoms with van der Waals surface area (Å²) in [5, 5.41) is 4.44. The van der Waals surface area contributed by atoms with Crippen LogP contribution >= 0.6 is 0 Å². The van der Waals surface area contributed by atoms with E-state index in [0.717, 1.165) is 16.8 Å². The molecule has 0 aliphatic carbocycles. The lowest BCUT2D eigenvalue weighted by Gasteiger charge is -2.39. The Morgan fingerprint density at radius 1 is 0.889 bits per heavy atom. The number of carbonyl (C=O) groups excluding carboxylic acids is 1. The summed E-state index contributed by atoms with van der Waals surface area (Å²) >= 11 is 0. The van der Waals surface area contributed by atoms with Crippen LogP contribution in [0.5, 0.6) is 0 Å². The fourth-order valence-electron chi connectivity index (χ4n) is 4.83. The number of nitrogens with zero attached hydrogens (tertiary/aromatic N) is 5.